The van der Waals surface area contributed by atoms with Crippen LogP contribution in [0, 0.1) is 5.92 Å². The Balaban J connectivity index is 1.49. The van der Waals surface area contributed by atoms with Crippen molar-refractivity contribution in [1.82, 2.24) is 15.1 Å². The predicted molar refractivity (Wildman–Crippen MR) is 108 cm³/mol. The Morgan fingerprint density at radius 2 is 1.56 bits per heavy atom. The number of hydrogen-bond acceptors (Lipinski definition) is 2. The molecule has 0 unspecified atom stereocenters. The Hall–Kier alpha value is -2.04. The van der Waals surface area contributed by atoms with Gasteiger partial charge < -0.3 is 15.1 Å². The normalized spacial score (nSPS) is 18.9. The van der Waals surface area contributed by atoms with Crippen molar-refractivity contribution in [3.8, 4) is 0 Å². The summed E-state index contributed by atoms with van der Waals surface area (Å²) in [5, 5.41) is 2.88. The molecule has 5 nitrogen and oxygen atoms in total. The first-order chi connectivity index (χ1) is 13.2. The third-order valence-corrected chi connectivity index (χ3v) is 5.85. The summed E-state index contributed by atoms with van der Waals surface area (Å²) in [5.74, 6) is 0.793. The smallest absolute Gasteiger partial charge is 0.317 e. The van der Waals surface area contributed by atoms with E-state index in [4.69, 9.17) is 0 Å². The number of hydrogen-bond donors (Lipinski definition) is 1. The van der Waals surface area contributed by atoms with Crippen LogP contribution in [0.4, 0.5) is 4.79 Å². The first-order valence-corrected chi connectivity index (χ1v) is 10.6. The monoisotopic (exact) mass is 371 g/mol. The van der Waals surface area contributed by atoms with Crippen LogP contribution in [0.3, 0.4) is 0 Å². The number of carbonyl (C=O) groups excluding carboxylic acids is 2. The molecule has 148 valence electrons. The van der Waals surface area contributed by atoms with Crippen molar-refractivity contribution in [2.45, 2.75) is 51.9 Å². The van der Waals surface area contributed by atoms with Crippen LogP contribution in [0.25, 0.3) is 0 Å². The molecule has 0 aromatic heterocycles. The lowest BCUT2D eigenvalue weighted by molar-refractivity contribution is 0.0761. The summed E-state index contributed by atoms with van der Waals surface area (Å²) in [4.78, 5) is 28.5. The van der Waals surface area contributed by atoms with Crippen molar-refractivity contribution < 1.29 is 9.59 Å². The number of benzene rings is 1. The average Bonchev–Trinajstić information content (AvgIpc) is 2.98. The van der Waals surface area contributed by atoms with Crippen molar-refractivity contribution >= 4 is 11.9 Å². The number of nitrogens with one attached hydrogen (secondary N) is 1. The first kappa shape index (κ1) is 19.7. The average molecular weight is 372 g/mol. The van der Waals surface area contributed by atoms with Gasteiger partial charge >= 0.3 is 6.03 Å². The highest BCUT2D eigenvalue weighted by atomic mass is 16.2. The van der Waals surface area contributed by atoms with E-state index in [0.717, 1.165) is 63.8 Å². The van der Waals surface area contributed by atoms with Crippen LogP contribution in [-0.2, 0) is 6.42 Å². The number of amides is 3. The highest BCUT2D eigenvalue weighted by Crippen LogP contribution is 2.22. The Kier molecular flexibility index (Phi) is 7.13. The van der Waals surface area contributed by atoms with E-state index in [-0.39, 0.29) is 11.9 Å². The summed E-state index contributed by atoms with van der Waals surface area (Å²) in [6.07, 6.45) is 7.85. The van der Waals surface area contributed by atoms with Gasteiger partial charge in [0.15, 0.2) is 0 Å². The second kappa shape index (κ2) is 9.77. The molecular formula is C22H33N3O2. The molecule has 27 heavy (non-hydrogen) atoms. The molecule has 3 rings (SSSR count). The van der Waals surface area contributed by atoms with Crippen LogP contribution >= 0.6 is 0 Å². The molecule has 5 heteroatoms. The quantitative estimate of drug-likeness (QED) is 0.878. The fourth-order valence-corrected chi connectivity index (χ4v) is 4.18. The highest BCUT2D eigenvalue weighted by Gasteiger charge is 2.23. The Bertz CT molecular complexity index is 613. The molecule has 1 aromatic carbocycles. The van der Waals surface area contributed by atoms with Gasteiger partial charge in [-0.05, 0) is 62.6 Å². The van der Waals surface area contributed by atoms with Crippen LogP contribution in [0.1, 0.15) is 61.4 Å². The summed E-state index contributed by atoms with van der Waals surface area (Å²) >= 11 is 0. The van der Waals surface area contributed by atoms with Gasteiger partial charge in [0.05, 0.1) is 0 Å². The minimum atomic E-state index is 0.0623. The number of urea groups is 1. The number of rotatable bonds is 4. The number of likely N-dealkylation sites (tertiary alicyclic amines) is 2. The zero-order valence-corrected chi connectivity index (χ0v) is 16.6. The summed E-state index contributed by atoms with van der Waals surface area (Å²) in [7, 11) is 0. The highest BCUT2D eigenvalue weighted by molar-refractivity contribution is 5.94. The van der Waals surface area contributed by atoms with Crippen LogP contribution in [-0.4, -0.2) is 54.5 Å². The second-order valence-corrected chi connectivity index (χ2v) is 7.87. The minimum absolute atomic E-state index is 0.0623. The Morgan fingerprint density at radius 3 is 2.15 bits per heavy atom. The molecule has 0 saturated carbocycles. The molecule has 0 atom stereocenters. The molecule has 0 spiro atoms. The van der Waals surface area contributed by atoms with Crippen molar-refractivity contribution in [3.05, 3.63) is 35.4 Å². The number of piperidine rings is 1. The van der Waals surface area contributed by atoms with E-state index in [2.05, 4.69) is 17.4 Å². The maximum absolute atomic E-state index is 12.7. The van der Waals surface area contributed by atoms with Crippen LogP contribution in [0.15, 0.2) is 24.3 Å². The molecule has 0 radical (unpaired) electrons. The maximum Gasteiger partial charge on any atom is 0.317 e. The lowest BCUT2D eigenvalue weighted by atomic mass is 9.90. The van der Waals surface area contributed by atoms with Crippen LogP contribution in [0.5, 0.6) is 0 Å². The lowest BCUT2D eigenvalue weighted by Crippen LogP contribution is -2.44. The van der Waals surface area contributed by atoms with Crippen LogP contribution in [0.2, 0.25) is 0 Å². The summed E-state index contributed by atoms with van der Waals surface area (Å²) in [6.45, 7) is 6.09. The fourth-order valence-electron chi connectivity index (χ4n) is 4.18. The lowest BCUT2D eigenvalue weighted by Gasteiger charge is -2.32. The number of carbonyl (C=O) groups is 2. The summed E-state index contributed by atoms with van der Waals surface area (Å²) in [6, 6.07) is 8.27. The van der Waals surface area contributed by atoms with E-state index in [1.807, 2.05) is 28.9 Å². The first-order valence-electron chi connectivity index (χ1n) is 10.6. The third kappa shape index (κ3) is 5.47. The molecule has 2 saturated heterocycles. The van der Waals surface area contributed by atoms with Crippen LogP contribution < -0.4 is 5.32 Å². The standard InChI is InChI=1S/C22H33N3O2/c1-2-23-22(27)25-15-11-19(12-16-25)17-18-7-9-20(10-8-18)21(26)24-13-5-3-4-6-14-24/h7-10,19H,2-6,11-17H2,1H3,(H,23,27). The molecule has 2 aliphatic rings. The molecule has 2 heterocycles. The minimum Gasteiger partial charge on any atom is -0.339 e. The molecule has 1 aromatic rings. The van der Waals surface area contributed by atoms with Crippen molar-refractivity contribution in [1.29, 1.82) is 0 Å². The summed E-state index contributed by atoms with van der Waals surface area (Å²) < 4.78 is 0. The molecule has 0 aliphatic carbocycles. The van der Waals surface area contributed by atoms with Crippen molar-refractivity contribution in [2.24, 2.45) is 5.92 Å². The van der Waals surface area contributed by atoms with Gasteiger partial charge in [-0.3, -0.25) is 4.79 Å². The zero-order valence-electron chi connectivity index (χ0n) is 16.6. The predicted octanol–water partition coefficient (Wildman–Crippen LogP) is 3.69. The van der Waals surface area contributed by atoms with Gasteiger partial charge in [-0.2, -0.15) is 0 Å². The molecule has 3 amide bonds. The topological polar surface area (TPSA) is 52.7 Å². The van der Waals surface area contributed by atoms with Gasteiger partial charge in [0.1, 0.15) is 0 Å². The second-order valence-electron chi connectivity index (χ2n) is 7.87. The Labute approximate surface area is 163 Å². The SMILES string of the molecule is CCNC(=O)N1CCC(Cc2ccc(C(=O)N3CCCCCC3)cc2)CC1. The fraction of sp³-hybridized carbons (Fsp3) is 0.636. The van der Waals surface area contributed by atoms with Crippen molar-refractivity contribution in [2.75, 3.05) is 32.7 Å². The van der Waals surface area contributed by atoms with Gasteiger partial charge in [0.25, 0.3) is 5.91 Å². The van der Waals surface area contributed by atoms with Gasteiger partial charge in [0, 0.05) is 38.3 Å². The molecule has 2 aliphatic heterocycles. The van der Waals surface area contributed by atoms with E-state index in [1.54, 1.807) is 0 Å². The van der Waals surface area contributed by atoms with Gasteiger partial charge in [-0.1, -0.05) is 25.0 Å². The van der Waals surface area contributed by atoms with Gasteiger partial charge in [-0.25, -0.2) is 4.79 Å². The molecule has 2 fully saturated rings. The molecule has 1 N–H and O–H groups in total. The van der Waals surface area contributed by atoms with E-state index in [9.17, 15) is 9.59 Å². The van der Waals surface area contributed by atoms with E-state index in [1.165, 1.54) is 18.4 Å². The molecular weight excluding hydrogens is 338 g/mol. The van der Waals surface area contributed by atoms with Gasteiger partial charge in [0.2, 0.25) is 0 Å². The maximum atomic E-state index is 12.7. The molecule has 0 bridgehead atoms. The third-order valence-electron chi connectivity index (χ3n) is 5.85. The van der Waals surface area contributed by atoms with E-state index in [0.29, 0.717) is 12.5 Å². The Morgan fingerprint density at radius 1 is 0.926 bits per heavy atom. The van der Waals surface area contributed by atoms with Gasteiger partial charge in [-0.15, -0.1) is 0 Å². The zero-order chi connectivity index (χ0) is 19.1. The van der Waals surface area contributed by atoms with Crippen molar-refractivity contribution in [3.63, 3.8) is 0 Å². The largest absolute Gasteiger partial charge is 0.339 e. The number of nitrogens with zero attached hydrogens (tertiary/aromatic N) is 2. The summed E-state index contributed by atoms with van der Waals surface area (Å²) in [5.41, 5.74) is 2.10. The van der Waals surface area contributed by atoms with E-state index < -0.39 is 0 Å². The van der Waals surface area contributed by atoms with E-state index >= 15 is 0 Å².